The SMILES string of the molecule is COc1ccccc1OC1CN(C(=O)C2CCOC2)C1. The molecule has 2 aliphatic rings. The summed E-state index contributed by atoms with van der Waals surface area (Å²) in [6.45, 7) is 2.56. The molecule has 5 heteroatoms. The van der Waals surface area contributed by atoms with Gasteiger partial charge in [-0.2, -0.15) is 0 Å². The predicted molar refractivity (Wildman–Crippen MR) is 72.9 cm³/mol. The summed E-state index contributed by atoms with van der Waals surface area (Å²) in [4.78, 5) is 14.0. The van der Waals surface area contributed by atoms with Crippen LogP contribution < -0.4 is 9.47 Å². The van der Waals surface area contributed by atoms with Crippen molar-refractivity contribution in [2.75, 3.05) is 33.4 Å². The molecule has 1 unspecified atom stereocenters. The molecular weight excluding hydrogens is 258 g/mol. The van der Waals surface area contributed by atoms with E-state index in [9.17, 15) is 4.79 Å². The van der Waals surface area contributed by atoms with Crippen LogP contribution in [-0.2, 0) is 9.53 Å². The normalized spacial score (nSPS) is 22.4. The molecule has 5 nitrogen and oxygen atoms in total. The summed E-state index contributed by atoms with van der Waals surface area (Å²) in [7, 11) is 1.62. The van der Waals surface area contributed by atoms with E-state index in [0.29, 0.717) is 26.3 Å². The fourth-order valence-electron chi connectivity index (χ4n) is 2.58. The highest BCUT2D eigenvalue weighted by molar-refractivity contribution is 5.80. The topological polar surface area (TPSA) is 48.0 Å². The highest BCUT2D eigenvalue weighted by Crippen LogP contribution is 2.29. The molecule has 20 heavy (non-hydrogen) atoms. The van der Waals surface area contributed by atoms with Crippen LogP contribution in [0.25, 0.3) is 0 Å². The third-order valence-electron chi connectivity index (χ3n) is 3.80. The first-order chi connectivity index (χ1) is 9.78. The zero-order valence-corrected chi connectivity index (χ0v) is 11.6. The molecule has 0 radical (unpaired) electrons. The van der Waals surface area contributed by atoms with E-state index in [1.165, 1.54) is 0 Å². The lowest BCUT2D eigenvalue weighted by atomic mass is 10.0. The number of ether oxygens (including phenoxy) is 3. The van der Waals surface area contributed by atoms with Crippen LogP contribution in [-0.4, -0.2) is 50.3 Å². The average molecular weight is 277 g/mol. The van der Waals surface area contributed by atoms with Gasteiger partial charge in [0.15, 0.2) is 11.5 Å². The first-order valence-electron chi connectivity index (χ1n) is 6.94. The molecule has 2 fully saturated rings. The Balaban J connectivity index is 1.51. The third-order valence-corrected chi connectivity index (χ3v) is 3.80. The lowest BCUT2D eigenvalue weighted by Gasteiger charge is -2.40. The van der Waals surface area contributed by atoms with Gasteiger partial charge in [0.2, 0.25) is 5.91 Å². The molecule has 1 amide bonds. The Kier molecular flexibility index (Phi) is 3.78. The molecule has 3 rings (SSSR count). The van der Waals surface area contributed by atoms with E-state index >= 15 is 0 Å². The van der Waals surface area contributed by atoms with E-state index in [0.717, 1.165) is 17.9 Å². The zero-order valence-electron chi connectivity index (χ0n) is 11.6. The largest absolute Gasteiger partial charge is 0.493 e. The number of nitrogens with zero attached hydrogens (tertiary/aromatic N) is 1. The number of hydrogen-bond donors (Lipinski definition) is 0. The maximum Gasteiger partial charge on any atom is 0.228 e. The number of carbonyl (C=O) groups excluding carboxylic acids is 1. The number of hydrogen-bond acceptors (Lipinski definition) is 4. The summed E-state index contributed by atoms with van der Waals surface area (Å²) in [5.41, 5.74) is 0. The molecule has 1 aromatic rings. The summed E-state index contributed by atoms with van der Waals surface area (Å²) >= 11 is 0. The zero-order chi connectivity index (χ0) is 13.9. The van der Waals surface area contributed by atoms with E-state index < -0.39 is 0 Å². The molecule has 1 atom stereocenters. The van der Waals surface area contributed by atoms with Crippen molar-refractivity contribution in [1.82, 2.24) is 4.90 Å². The number of methoxy groups -OCH3 is 1. The predicted octanol–water partition coefficient (Wildman–Crippen LogP) is 1.32. The van der Waals surface area contributed by atoms with Gasteiger partial charge in [0.05, 0.1) is 32.7 Å². The van der Waals surface area contributed by atoms with Gasteiger partial charge in [-0.3, -0.25) is 4.79 Å². The van der Waals surface area contributed by atoms with Gasteiger partial charge in [-0.1, -0.05) is 12.1 Å². The summed E-state index contributed by atoms with van der Waals surface area (Å²) in [6, 6.07) is 7.57. The molecule has 0 aliphatic carbocycles. The number of amides is 1. The summed E-state index contributed by atoms with van der Waals surface area (Å²) in [5, 5.41) is 0. The van der Waals surface area contributed by atoms with Crippen LogP contribution in [0.2, 0.25) is 0 Å². The summed E-state index contributed by atoms with van der Waals surface area (Å²) in [6.07, 6.45) is 0.894. The fourth-order valence-corrected chi connectivity index (χ4v) is 2.58. The molecule has 2 saturated heterocycles. The van der Waals surface area contributed by atoms with Crippen LogP contribution in [0.3, 0.4) is 0 Å². The van der Waals surface area contributed by atoms with Crippen LogP contribution in [0.1, 0.15) is 6.42 Å². The maximum absolute atomic E-state index is 12.1. The molecule has 0 aromatic heterocycles. The minimum Gasteiger partial charge on any atom is -0.493 e. The Morgan fingerprint density at radius 3 is 2.70 bits per heavy atom. The van der Waals surface area contributed by atoms with Crippen LogP contribution >= 0.6 is 0 Å². The van der Waals surface area contributed by atoms with Crippen LogP contribution in [0, 0.1) is 5.92 Å². The van der Waals surface area contributed by atoms with Crippen molar-refractivity contribution in [3.8, 4) is 11.5 Å². The second kappa shape index (κ2) is 5.71. The van der Waals surface area contributed by atoms with Crippen molar-refractivity contribution in [2.45, 2.75) is 12.5 Å². The molecule has 0 bridgehead atoms. The second-order valence-corrected chi connectivity index (χ2v) is 5.19. The highest BCUT2D eigenvalue weighted by atomic mass is 16.5. The Labute approximate surface area is 118 Å². The Hall–Kier alpha value is -1.75. The minimum absolute atomic E-state index is 0.0437. The van der Waals surface area contributed by atoms with E-state index in [-0.39, 0.29) is 17.9 Å². The molecule has 2 heterocycles. The number of rotatable bonds is 4. The van der Waals surface area contributed by atoms with E-state index in [1.807, 2.05) is 29.2 Å². The summed E-state index contributed by atoms with van der Waals surface area (Å²) in [5.74, 6) is 1.70. The van der Waals surface area contributed by atoms with Gasteiger partial charge in [0, 0.05) is 6.61 Å². The van der Waals surface area contributed by atoms with Gasteiger partial charge in [0.25, 0.3) is 0 Å². The molecule has 0 spiro atoms. The highest BCUT2D eigenvalue weighted by Gasteiger charge is 2.37. The van der Waals surface area contributed by atoms with E-state index in [1.54, 1.807) is 7.11 Å². The van der Waals surface area contributed by atoms with E-state index in [2.05, 4.69) is 0 Å². The van der Waals surface area contributed by atoms with Gasteiger partial charge < -0.3 is 19.1 Å². The van der Waals surface area contributed by atoms with Gasteiger partial charge >= 0.3 is 0 Å². The first kappa shape index (κ1) is 13.2. The fraction of sp³-hybridized carbons (Fsp3) is 0.533. The van der Waals surface area contributed by atoms with Gasteiger partial charge in [0.1, 0.15) is 6.10 Å². The smallest absolute Gasteiger partial charge is 0.228 e. The molecule has 1 aromatic carbocycles. The van der Waals surface area contributed by atoms with Gasteiger partial charge in [-0.15, -0.1) is 0 Å². The third kappa shape index (κ3) is 2.58. The van der Waals surface area contributed by atoms with Crippen molar-refractivity contribution in [1.29, 1.82) is 0 Å². The standard InChI is InChI=1S/C15H19NO4/c1-18-13-4-2-3-5-14(13)20-12-8-16(9-12)15(17)11-6-7-19-10-11/h2-5,11-12H,6-10H2,1H3. The first-order valence-corrected chi connectivity index (χ1v) is 6.94. The number of likely N-dealkylation sites (tertiary alicyclic amines) is 1. The number of carbonyl (C=O) groups is 1. The van der Waals surface area contributed by atoms with Crippen LogP contribution in [0.4, 0.5) is 0 Å². The van der Waals surface area contributed by atoms with Crippen LogP contribution in [0.15, 0.2) is 24.3 Å². The molecule has 0 saturated carbocycles. The van der Waals surface area contributed by atoms with Crippen molar-refractivity contribution >= 4 is 5.91 Å². The Bertz CT molecular complexity index is 479. The monoisotopic (exact) mass is 277 g/mol. The molecule has 2 aliphatic heterocycles. The summed E-state index contributed by atoms with van der Waals surface area (Å²) < 4.78 is 16.4. The van der Waals surface area contributed by atoms with Gasteiger partial charge in [-0.05, 0) is 18.6 Å². The van der Waals surface area contributed by atoms with Crippen molar-refractivity contribution < 1.29 is 19.0 Å². The van der Waals surface area contributed by atoms with Gasteiger partial charge in [-0.25, -0.2) is 0 Å². The number of benzene rings is 1. The van der Waals surface area contributed by atoms with E-state index in [4.69, 9.17) is 14.2 Å². The quantitative estimate of drug-likeness (QED) is 0.833. The Morgan fingerprint density at radius 2 is 2.05 bits per heavy atom. The second-order valence-electron chi connectivity index (χ2n) is 5.19. The molecular formula is C15H19NO4. The maximum atomic E-state index is 12.1. The van der Waals surface area contributed by atoms with Crippen molar-refractivity contribution in [3.05, 3.63) is 24.3 Å². The van der Waals surface area contributed by atoms with Crippen LogP contribution in [0.5, 0.6) is 11.5 Å². The lowest BCUT2D eigenvalue weighted by Crippen LogP contribution is -2.57. The molecule has 108 valence electrons. The average Bonchev–Trinajstić information content (AvgIpc) is 2.96. The molecule has 0 N–H and O–H groups in total. The lowest BCUT2D eigenvalue weighted by molar-refractivity contribution is -0.144. The Morgan fingerprint density at radius 1 is 1.30 bits per heavy atom. The number of para-hydroxylation sites is 2. The van der Waals surface area contributed by atoms with Crippen molar-refractivity contribution in [2.24, 2.45) is 5.92 Å². The van der Waals surface area contributed by atoms with Crippen molar-refractivity contribution in [3.63, 3.8) is 0 Å². The minimum atomic E-state index is 0.0437.